The maximum absolute atomic E-state index is 5.87. The Labute approximate surface area is 127 Å². The van der Waals surface area contributed by atoms with E-state index < -0.39 is 0 Å². The first kappa shape index (κ1) is 14.2. The molecule has 2 nitrogen and oxygen atoms in total. The molecule has 1 aliphatic heterocycles. The van der Waals surface area contributed by atoms with Gasteiger partial charge in [0.05, 0.1) is 6.61 Å². The van der Waals surface area contributed by atoms with Crippen molar-refractivity contribution in [2.24, 2.45) is 5.92 Å². The fourth-order valence-corrected chi connectivity index (χ4v) is 2.89. The van der Waals surface area contributed by atoms with E-state index in [1.54, 1.807) is 0 Å². The lowest BCUT2D eigenvalue weighted by Gasteiger charge is -2.22. The molecule has 1 N–H and O–H groups in total. The van der Waals surface area contributed by atoms with Gasteiger partial charge in [-0.3, -0.25) is 0 Å². The lowest BCUT2D eigenvalue weighted by molar-refractivity contribution is 0.254. The van der Waals surface area contributed by atoms with E-state index in [-0.39, 0.29) is 0 Å². The van der Waals surface area contributed by atoms with Gasteiger partial charge in [-0.15, -0.1) is 0 Å². The van der Waals surface area contributed by atoms with Gasteiger partial charge < -0.3 is 10.1 Å². The fraction of sp³-hybridized carbons (Fsp3) is 0.368. The molecule has 0 aliphatic carbocycles. The lowest BCUT2D eigenvalue weighted by Crippen LogP contribution is -2.30. The van der Waals surface area contributed by atoms with Crippen molar-refractivity contribution >= 4 is 0 Å². The van der Waals surface area contributed by atoms with Crippen LogP contribution >= 0.6 is 0 Å². The summed E-state index contributed by atoms with van der Waals surface area (Å²) in [5, 5.41) is 3.45. The first-order chi connectivity index (χ1) is 10.4. The Hall–Kier alpha value is -1.80. The molecule has 1 fully saturated rings. The summed E-state index contributed by atoms with van der Waals surface area (Å²) in [6, 6.07) is 18.8. The quantitative estimate of drug-likeness (QED) is 0.890. The van der Waals surface area contributed by atoms with Gasteiger partial charge in [0, 0.05) is 0 Å². The minimum Gasteiger partial charge on any atom is -0.494 e. The minimum absolute atomic E-state index is 0.780. The van der Waals surface area contributed by atoms with E-state index >= 15 is 0 Å². The first-order valence-corrected chi connectivity index (χ1v) is 7.91. The van der Waals surface area contributed by atoms with E-state index in [1.165, 1.54) is 30.5 Å². The number of hydrogen-bond acceptors (Lipinski definition) is 2. The van der Waals surface area contributed by atoms with E-state index in [0.717, 1.165) is 31.2 Å². The zero-order valence-electron chi connectivity index (χ0n) is 12.4. The third-order valence-electron chi connectivity index (χ3n) is 4.16. The Morgan fingerprint density at radius 1 is 0.952 bits per heavy atom. The molecule has 2 heteroatoms. The number of hydrogen-bond donors (Lipinski definition) is 1. The molecule has 1 aliphatic rings. The van der Waals surface area contributed by atoms with Gasteiger partial charge in [-0.05, 0) is 61.5 Å². The van der Waals surface area contributed by atoms with Crippen LogP contribution in [0.4, 0.5) is 0 Å². The standard InChI is InChI=1S/C19H23NO/c1-2-6-17(7-3-1)18-8-10-19(11-9-18)21-14-12-16-5-4-13-20-15-16/h1-3,6-11,16,20H,4-5,12-15H2/t16-/m0/s1. The minimum atomic E-state index is 0.780. The van der Waals surface area contributed by atoms with Gasteiger partial charge in [-0.1, -0.05) is 42.5 Å². The molecule has 0 radical (unpaired) electrons. The number of ether oxygens (including phenoxy) is 1. The summed E-state index contributed by atoms with van der Waals surface area (Å²) in [7, 11) is 0. The molecule has 1 atom stereocenters. The number of rotatable bonds is 5. The molecule has 2 aromatic carbocycles. The third kappa shape index (κ3) is 4.08. The average Bonchev–Trinajstić information content (AvgIpc) is 2.57. The van der Waals surface area contributed by atoms with Crippen molar-refractivity contribution in [1.82, 2.24) is 5.32 Å². The molecule has 0 amide bonds. The molecular weight excluding hydrogens is 258 g/mol. The highest BCUT2D eigenvalue weighted by molar-refractivity contribution is 5.63. The number of piperidine rings is 1. The SMILES string of the molecule is c1ccc(-c2ccc(OCC[C@@H]3CCCNC3)cc2)cc1. The molecule has 3 rings (SSSR count). The molecule has 1 saturated heterocycles. The summed E-state index contributed by atoms with van der Waals surface area (Å²) in [5.74, 6) is 1.75. The third-order valence-corrected chi connectivity index (χ3v) is 4.16. The van der Waals surface area contributed by atoms with Gasteiger partial charge in [0.15, 0.2) is 0 Å². The Kier molecular flexibility index (Phi) is 4.90. The molecule has 0 aromatic heterocycles. The normalized spacial score (nSPS) is 18.4. The van der Waals surface area contributed by atoms with Crippen LogP contribution in [0.3, 0.4) is 0 Å². The highest BCUT2D eigenvalue weighted by Crippen LogP contribution is 2.22. The van der Waals surface area contributed by atoms with Crippen LogP contribution in [0, 0.1) is 5.92 Å². The molecule has 1 heterocycles. The Morgan fingerprint density at radius 2 is 1.71 bits per heavy atom. The topological polar surface area (TPSA) is 21.3 Å². The van der Waals surface area contributed by atoms with Crippen LogP contribution in [0.1, 0.15) is 19.3 Å². The van der Waals surface area contributed by atoms with Gasteiger partial charge in [0.1, 0.15) is 5.75 Å². The van der Waals surface area contributed by atoms with E-state index in [4.69, 9.17) is 4.74 Å². The summed E-state index contributed by atoms with van der Waals surface area (Å²) >= 11 is 0. The van der Waals surface area contributed by atoms with E-state index in [1.807, 2.05) is 6.07 Å². The van der Waals surface area contributed by atoms with Crippen LogP contribution in [-0.4, -0.2) is 19.7 Å². The van der Waals surface area contributed by atoms with Crippen LogP contribution in [0.2, 0.25) is 0 Å². The van der Waals surface area contributed by atoms with Crippen molar-refractivity contribution in [3.05, 3.63) is 54.6 Å². The summed E-state index contributed by atoms with van der Waals surface area (Å²) < 4.78 is 5.87. The Bertz CT molecular complexity index is 529. The lowest BCUT2D eigenvalue weighted by atomic mass is 9.97. The maximum atomic E-state index is 5.87. The molecule has 110 valence electrons. The molecule has 0 unspecified atom stereocenters. The van der Waals surface area contributed by atoms with E-state index in [9.17, 15) is 0 Å². The summed E-state index contributed by atoms with van der Waals surface area (Å²) in [6.45, 7) is 3.14. The predicted octanol–water partition coefficient (Wildman–Crippen LogP) is 4.12. The summed E-state index contributed by atoms with van der Waals surface area (Å²) in [5.41, 5.74) is 2.48. The zero-order chi connectivity index (χ0) is 14.3. The smallest absolute Gasteiger partial charge is 0.119 e. The average molecular weight is 281 g/mol. The van der Waals surface area contributed by atoms with Crippen molar-refractivity contribution in [1.29, 1.82) is 0 Å². The maximum Gasteiger partial charge on any atom is 0.119 e. The van der Waals surface area contributed by atoms with Gasteiger partial charge in [-0.25, -0.2) is 0 Å². The summed E-state index contributed by atoms with van der Waals surface area (Å²) in [6.07, 6.45) is 3.78. The molecule has 0 bridgehead atoms. The number of nitrogens with one attached hydrogen (secondary N) is 1. The second-order valence-electron chi connectivity index (χ2n) is 5.74. The highest BCUT2D eigenvalue weighted by Gasteiger charge is 2.12. The van der Waals surface area contributed by atoms with Gasteiger partial charge in [0.2, 0.25) is 0 Å². The highest BCUT2D eigenvalue weighted by atomic mass is 16.5. The number of benzene rings is 2. The molecule has 2 aromatic rings. The van der Waals surface area contributed by atoms with Crippen molar-refractivity contribution in [3.63, 3.8) is 0 Å². The van der Waals surface area contributed by atoms with Crippen molar-refractivity contribution < 1.29 is 4.74 Å². The fourth-order valence-electron chi connectivity index (χ4n) is 2.89. The zero-order valence-corrected chi connectivity index (χ0v) is 12.4. The van der Waals surface area contributed by atoms with Crippen LogP contribution < -0.4 is 10.1 Å². The van der Waals surface area contributed by atoms with E-state index in [2.05, 4.69) is 53.8 Å². The summed E-state index contributed by atoms with van der Waals surface area (Å²) in [4.78, 5) is 0. The second-order valence-corrected chi connectivity index (χ2v) is 5.74. The molecule has 21 heavy (non-hydrogen) atoms. The van der Waals surface area contributed by atoms with Crippen molar-refractivity contribution in [2.75, 3.05) is 19.7 Å². The molecular formula is C19H23NO. The van der Waals surface area contributed by atoms with E-state index in [0.29, 0.717) is 0 Å². The monoisotopic (exact) mass is 281 g/mol. The predicted molar refractivity (Wildman–Crippen MR) is 87.6 cm³/mol. The van der Waals surface area contributed by atoms with Crippen LogP contribution in [-0.2, 0) is 0 Å². The van der Waals surface area contributed by atoms with Gasteiger partial charge >= 0.3 is 0 Å². The van der Waals surface area contributed by atoms with Gasteiger partial charge in [0.25, 0.3) is 0 Å². The van der Waals surface area contributed by atoms with Crippen molar-refractivity contribution in [3.8, 4) is 16.9 Å². The molecule has 0 spiro atoms. The van der Waals surface area contributed by atoms with Crippen LogP contribution in [0.15, 0.2) is 54.6 Å². The Balaban J connectivity index is 1.50. The van der Waals surface area contributed by atoms with Gasteiger partial charge in [-0.2, -0.15) is 0 Å². The second kappa shape index (κ2) is 7.28. The Morgan fingerprint density at radius 3 is 2.43 bits per heavy atom. The van der Waals surface area contributed by atoms with Crippen LogP contribution in [0.5, 0.6) is 5.75 Å². The largest absolute Gasteiger partial charge is 0.494 e. The molecule has 0 saturated carbocycles. The first-order valence-electron chi connectivity index (χ1n) is 7.91. The van der Waals surface area contributed by atoms with Crippen LogP contribution in [0.25, 0.3) is 11.1 Å². The van der Waals surface area contributed by atoms with Crippen molar-refractivity contribution in [2.45, 2.75) is 19.3 Å².